The molecule has 1 N–H and O–H groups in total. The third-order valence-corrected chi connectivity index (χ3v) is 4.22. The molecule has 3 rings (SSSR count). The topological polar surface area (TPSA) is 50.8 Å². The van der Waals surface area contributed by atoms with Gasteiger partial charge in [-0.05, 0) is 24.6 Å². The van der Waals surface area contributed by atoms with Gasteiger partial charge >= 0.3 is 6.61 Å². The number of alkyl halides is 2. The summed E-state index contributed by atoms with van der Waals surface area (Å²) in [7, 11) is 1.38. The number of benzene rings is 2. The van der Waals surface area contributed by atoms with Gasteiger partial charge in [-0.1, -0.05) is 31.2 Å². The number of amides is 1. The maximum Gasteiger partial charge on any atom is 0.387 e. The van der Waals surface area contributed by atoms with E-state index in [9.17, 15) is 13.6 Å². The quantitative estimate of drug-likeness (QED) is 0.834. The van der Waals surface area contributed by atoms with Crippen LogP contribution in [0.3, 0.4) is 0 Å². The molecule has 0 unspecified atom stereocenters. The first-order chi connectivity index (χ1) is 12.6. The number of ether oxygens (including phenoxy) is 2. The zero-order chi connectivity index (χ0) is 18.7. The Labute approximate surface area is 150 Å². The van der Waals surface area contributed by atoms with Gasteiger partial charge in [-0.3, -0.25) is 4.79 Å². The van der Waals surface area contributed by atoms with Crippen LogP contribution in [0.15, 0.2) is 42.5 Å². The average Bonchev–Trinajstić information content (AvgIpc) is 2.64. The van der Waals surface area contributed by atoms with Crippen LogP contribution in [0.2, 0.25) is 0 Å². The minimum atomic E-state index is -3.00. The van der Waals surface area contributed by atoms with Gasteiger partial charge in [0.2, 0.25) is 0 Å². The SMILES string of the molecule is CCCN1C(=O)c2ccccc2N[C@H]1c1cccc(OC)c1OC(F)F. The molecular formula is C19H20F2N2O3. The highest BCUT2D eigenvalue weighted by molar-refractivity contribution is 6.01. The fourth-order valence-corrected chi connectivity index (χ4v) is 3.13. The van der Waals surface area contributed by atoms with E-state index >= 15 is 0 Å². The summed E-state index contributed by atoms with van der Waals surface area (Å²) in [5.41, 5.74) is 1.62. The van der Waals surface area contributed by atoms with Crippen molar-refractivity contribution in [1.82, 2.24) is 4.90 Å². The molecule has 0 aliphatic carbocycles. The Morgan fingerprint density at radius 3 is 2.65 bits per heavy atom. The van der Waals surface area contributed by atoms with Crippen molar-refractivity contribution in [1.29, 1.82) is 0 Å². The molecule has 138 valence electrons. The van der Waals surface area contributed by atoms with E-state index in [1.54, 1.807) is 41.3 Å². The monoisotopic (exact) mass is 362 g/mol. The van der Waals surface area contributed by atoms with Gasteiger partial charge in [-0.25, -0.2) is 0 Å². The molecule has 26 heavy (non-hydrogen) atoms. The zero-order valence-electron chi connectivity index (χ0n) is 14.5. The molecule has 0 spiro atoms. The summed E-state index contributed by atoms with van der Waals surface area (Å²) in [6.45, 7) is -0.584. The number of halogens is 2. The lowest BCUT2D eigenvalue weighted by molar-refractivity contribution is -0.0523. The number of methoxy groups -OCH3 is 1. The highest BCUT2D eigenvalue weighted by atomic mass is 19.3. The van der Waals surface area contributed by atoms with Crippen LogP contribution in [0.25, 0.3) is 0 Å². The summed E-state index contributed by atoms with van der Waals surface area (Å²) in [5, 5.41) is 3.27. The largest absolute Gasteiger partial charge is 0.493 e. The number of carbonyl (C=O) groups is 1. The molecule has 1 aliphatic heterocycles. The van der Waals surface area contributed by atoms with Crippen LogP contribution in [0.4, 0.5) is 14.5 Å². The Balaban J connectivity index is 2.11. The van der Waals surface area contributed by atoms with E-state index in [1.807, 2.05) is 13.0 Å². The molecule has 1 amide bonds. The van der Waals surface area contributed by atoms with Crippen molar-refractivity contribution in [2.75, 3.05) is 19.0 Å². The van der Waals surface area contributed by atoms with Crippen molar-refractivity contribution in [3.63, 3.8) is 0 Å². The first-order valence-electron chi connectivity index (χ1n) is 8.35. The molecule has 1 aliphatic rings. The van der Waals surface area contributed by atoms with E-state index in [0.29, 0.717) is 23.4 Å². The second-order valence-corrected chi connectivity index (χ2v) is 5.85. The van der Waals surface area contributed by atoms with Crippen LogP contribution >= 0.6 is 0 Å². The van der Waals surface area contributed by atoms with Gasteiger partial charge in [0.05, 0.1) is 12.7 Å². The Morgan fingerprint density at radius 2 is 1.96 bits per heavy atom. The summed E-state index contributed by atoms with van der Waals surface area (Å²) in [5.74, 6) is -0.0415. The molecule has 1 heterocycles. The van der Waals surface area contributed by atoms with E-state index in [-0.39, 0.29) is 17.4 Å². The van der Waals surface area contributed by atoms with E-state index in [1.165, 1.54) is 7.11 Å². The number of hydrogen-bond donors (Lipinski definition) is 1. The smallest absolute Gasteiger partial charge is 0.387 e. The van der Waals surface area contributed by atoms with Crippen molar-refractivity contribution < 1.29 is 23.0 Å². The summed E-state index contributed by atoms with van der Waals surface area (Å²) < 4.78 is 35.8. The standard InChI is InChI=1S/C19H20F2N2O3/c1-3-11-23-17(22-14-9-5-4-7-12(14)18(23)24)13-8-6-10-15(25-2)16(13)26-19(20)21/h4-10,17,19,22H,3,11H2,1-2H3/t17-/m1/s1. The lowest BCUT2D eigenvalue weighted by atomic mass is 10.0. The molecular weight excluding hydrogens is 342 g/mol. The molecule has 7 heteroatoms. The summed E-state index contributed by atoms with van der Waals surface area (Å²) in [6.07, 6.45) is 0.0855. The number of nitrogens with one attached hydrogen (secondary N) is 1. The Morgan fingerprint density at radius 1 is 1.19 bits per heavy atom. The Kier molecular flexibility index (Phi) is 5.25. The van der Waals surface area contributed by atoms with E-state index in [2.05, 4.69) is 5.32 Å². The number of carbonyl (C=O) groups excluding carboxylic acids is 1. The molecule has 2 aromatic carbocycles. The van der Waals surface area contributed by atoms with Crippen LogP contribution in [0.1, 0.15) is 35.4 Å². The minimum Gasteiger partial charge on any atom is -0.493 e. The molecule has 0 radical (unpaired) electrons. The van der Waals surface area contributed by atoms with Gasteiger partial charge in [0, 0.05) is 17.8 Å². The summed E-state index contributed by atoms with van der Waals surface area (Å²) in [6, 6.07) is 12.0. The van der Waals surface area contributed by atoms with Crippen molar-refractivity contribution >= 4 is 11.6 Å². The van der Waals surface area contributed by atoms with Gasteiger partial charge in [-0.2, -0.15) is 8.78 Å². The third-order valence-electron chi connectivity index (χ3n) is 4.22. The Bertz CT molecular complexity index is 798. The highest BCUT2D eigenvalue weighted by Crippen LogP contribution is 2.41. The lowest BCUT2D eigenvalue weighted by Crippen LogP contribution is -2.43. The summed E-state index contributed by atoms with van der Waals surface area (Å²) >= 11 is 0. The highest BCUT2D eigenvalue weighted by Gasteiger charge is 2.35. The number of rotatable bonds is 6. The molecule has 0 aromatic heterocycles. The fourth-order valence-electron chi connectivity index (χ4n) is 3.13. The third kappa shape index (κ3) is 3.29. The first kappa shape index (κ1) is 18.0. The molecule has 2 aromatic rings. The van der Waals surface area contributed by atoms with Crippen LogP contribution in [0.5, 0.6) is 11.5 Å². The van der Waals surface area contributed by atoms with E-state index in [4.69, 9.17) is 9.47 Å². The normalized spacial score (nSPS) is 16.3. The number of hydrogen-bond acceptors (Lipinski definition) is 4. The van der Waals surface area contributed by atoms with Crippen molar-refractivity contribution in [3.8, 4) is 11.5 Å². The van der Waals surface area contributed by atoms with Crippen LogP contribution < -0.4 is 14.8 Å². The van der Waals surface area contributed by atoms with Gasteiger partial charge in [0.15, 0.2) is 11.5 Å². The second kappa shape index (κ2) is 7.59. The molecule has 0 bridgehead atoms. The second-order valence-electron chi connectivity index (χ2n) is 5.85. The minimum absolute atomic E-state index is 0.0733. The average molecular weight is 362 g/mol. The molecule has 1 atom stereocenters. The van der Waals surface area contributed by atoms with Crippen molar-refractivity contribution in [2.45, 2.75) is 26.1 Å². The van der Waals surface area contributed by atoms with Gasteiger partial charge < -0.3 is 19.7 Å². The lowest BCUT2D eigenvalue weighted by Gasteiger charge is -2.38. The molecule has 0 saturated carbocycles. The van der Waals surface area contributed by atoms with Gasteiger partial charge in [0.1, 0.15) is 6.17 Å². The molecule has 0 saturated heterocycles. The first-order valence-corrected chi connectivity index (χ1v) is 8.35. The number of anilines is 1. The zero-order valence-corrected chi connectivity index (χ0v) is 14.5. The maximum atomic E-state index is 13.0. The summed E-state index contributed by atoms with van der Waals surface area (Å²) in [4.78, 5) is 14.6. The van der Waals surface area contributed by atoms with E-state index < -0.39 is 12.8 Å². The van der Waals surface area contributed by atoms with Crippen LogP contribution in [0, 0.1) is 0 Å². The molecule has 5 nitrogen and oxygen atoms in total. The predicted octanol–water partition coefficient (Wildman–Crippen LogP) is 4.27. The predicted molar refractivity (Wildman–Crippen MR) is 93.8 cm³/mol. The fraction of sp³-hybridized carbons (Fsp3) is 0.316. The van der Waals surface area contributed by atoms with Crippen LogP contribution in [-0.4, -0.2) is 31.1 Å². The number of para-hydroxylation sites is 2. The van der Waals surface area contributed by atoms with Crippen molar-refractivity contribution in [3.05, 3.63) is 53.6 Å². The maximum absolute atomic E-state index is 13.0. The number of nitrogens with zero attached hydrogens (tertiary/aromatic N) is 1. The van der Waals surface area contributed by atoms with Gasteiger partial charge in [0.25, 0.3) is 5.91 Å². The number of fused-ring (bicyclic) bond motifs is 1. The Hall–Kier alpha value is -2.83. The van der Waals surface area contributed by atoms with Crippen LogP contribution in [-0.2, 0) is 0 Å². The van der Waals surface area contributed by atoms with Crippen molar-refractivity contribution in [2.24, 2.45) is 0 Å². The van der Waals surface area contributed by atoms with Gasteiger partial charge in [-0.15, -0.1) is 0 Å². The molecule has 0 fully saturated rings. The van der Waals surface area contributed by atoms with E-state index in [0.717, 1.165) is 6.42 Å².